The Morgan fingerprint density at radius 3 is 2.61 bits per heavy atom. The Morgan fingerprint density at radius 2 is 1.92 bits per heavy atom. The first kappa shape index (κ1) is 24.0. The number of aryl methyl sites for hydroxylation is 1. The maximum Gasteiger partial charge on any atom is 0.264 e. The molecule has 0 fully saturated rings. The summed E-state index contributed by atoms with van der Waals surface area (Å²) >= 11 is 12.4. The molecule has 0 unspecified atom stereocenters. The van der Waals surface area contributed by atoms with Crippen LogP contribution in [0.1, 0.15) is 23.2 Å². The lowest BCUT2D eigenvalue weighted by molar-refractivity contribution is -0.116. The Labute approximate surface area is 213 Å². The van der Waals surface area contributed by atoms with Gasteiger partial charge in [0.15, 0.2) is 17.2 Å². The number of furan rings is 1. The summed E-state index contributed by atoms with van der Waals surface area (Å²) in [6, 6.07) is 11.4. The molecule has 4 aromatic heterocycles. The van der Waals surface area contributed by atoms with Crippen molar-refractivity contribution in [1.29, 1.82) is 0 Å². The Hall–Kier alpha value is -3.76. The van der Waals surface area contributed by atoms with E-state index in [9.17, 15) is 13.6 Å². The lowest BCUT2D eigenvalue weighted by Gasteiger charge is -2.08. The molecule has 0 aliphatic rings. The number of rotatable bonds is 7. The van der Waals surface area contributed by atoms with Crippen molar-refractivity contribution in [3.05, 3.63) is 81.8 Å². The number of carbonyl (C=O) groups excluding carboxylic acids is 1. The van der Waals surface area contributed by atoms with Gasteiger partial charge in [-0.2, -0.15) is 10.2 Å². The summed E-state index contributed by atoms with van der Waals surface area (Å²) in [5, 5.41) is 12.5. The second-order valence-electron chi connectivity index (χ2n) is 7.96. The minimum atomic E-state index is -2.76. The van der Waals surface area contributed by atoms with Crippen molar-refractivity contribution in [2.75, 3.05) is 5.32 Å². The molecule has 0 atom stereocenters. The molecule has 12 heteroatoms. The van der Waals surface area contributed by atoms with Gasteiger partial charge in [-0.1, -0.05) is 29.3 Å². The predicted octanol–water partition coefficient (Wildman–Crippen LogP) is 6.13. The van der Waals surface area contributed by atoms with Crippen LogP contribution in [0.4, 0.5) is 14.6 Å². The fourth-order valence-electron chi connectivity index (χ4n) is 3.90. The van der Waals surface area contributed by atoms with E-state index in [4.69, 9.17) is 27.6 Å². The first-order valence-electron chi connectivity index (χ1n) is 10.8. The van der Waals surface area contributed by atoms with Crippen LogP contribution in [0.3, 0.4) is 0 Å². The van der Waals surface area contributed by atoms with Gasteiger partial charge in [-0.3, -0.25) is 9.48 Å². The molecule has 1 N–H and O–H groups in total. The van der Waals surface area contributed by atoms with E-state index in [2.05, 4.69) is 20.5 Å². The van der Waals surface area contributed by atoms with Crippen LogP contribution in [0, 0.1) is 6.92 Å². The van der Waals surface area contributed by atoms with Crippen molar-refractivity contribution in [3.8, 4) is 11.5 Å². The number of nitrogens with zero attached hydrogens (tertiary/aromatic N) is 5. The van der Waals surface area contributed by atoms with Gasteiger partial charge in [0.25, 0.3) is 6.43 Å². The first-order chi connectivity index (χ1) is 17.3. The summed E-state index contributed by atoms with van der Waals surface area (Å²) in [5.74, 6) is 0.177. The molecule has 4 heterocycles. The summed E-state index contributed by atoms with van der Waals surface area (Å²) in [5.41, 5.74) is 1.20. The number of amides is 1. The standard InChI is InChI=1S/C24H18Cl2F2N6O2/c1-13-22-14(23(27)28)10-18(19-6-3-9-36-19)29-24(22)34(31-13)12-21(35)30-20-7-8-33(32-20)11-15-16(25)4-2-5-17(15)26/h2-10,23H,11-12H2,1H3,(H,30,32,35). The third-order valence-corrected chi connectivity index (χ3v) is 6.21. The van der Waals surface area contributed by atoms with Crippen LogP contribution in [-0.4, -0.2) is 30.5 Å². The molecule has 5 aromatic rings. The second kappa shape index (κ2) is 9.71. The molecule has 0 saturated heterocycles. The molecule has 0 spiro atoms. The van der Waals surface area contributed by atoms with Gasteiger partial charge in [-0.15, -0.1) is 0 Å². The van der Waals surface area contributed by atoms with Crippen molar-refractivity contribution in [2.45, 2.75) is 26.4 Å². The number of anilines is 1. The highest BCUT2D eigenvalue weighted by Crippen LogP contribution is 2.33. The molecular formula is C24H18Cl2F2N6O2. The molecule has 0 aliphatic heterocycles. The Kier molecular flexibility index (Phi) is 6.46. The quantitative estimate of drug-likeness (QED) is 0.273. The van der Waals surface area contributed by atoms with Crippen LogP contribution in [0.25, 0.3) is 22.5 Å². The Balaban J connectivity index is 1.38. The molecular weight excluding hydrogens is 513 g/mol. The minimum Gasteiger partial charge on any atom is -0.463 e. The van der Waals surface area contributed by atoms with E-state index in [0.29, 0.717) is 39.4 Å². The average Bonchev–Trinajstić information content (AvgIpc) is 3.58. The van der Waals surface area contributed by atoms with Crippen LogP contribution in [0.2, 0.25) is 10.0 Å². The van der Waals surface area contributed by atoms with E-state index >= 15 is 0 Å². The summed E-state index contributed by atoms with van der Waals surface area (Å²) in [4.78, 5) is 17.2. The van der Waals surface area contributed by atoms with Crippen molar-refractivity contribution in [1.82, 2.24) is 24.5 Å². The number of hydrogen-bond acceptors (Lipinski definition) is 5. The SMILES string of the molecule is Cc1nn(CC(=O)Nc2ccn(Cc3c(Cl)cccc3Cl)n2)c2nc(-c3ccco3)cc(C(F)F)c12. The third kappa shape index (κ3) is 4.69. The molecule has 36 heavy (non-hydrogen) atoms. The smallest absolute Gasteiger partial charge is 0.264 e. The molecule has 1 aromatic carbocycles. The zero-order valence-electron chi connectivity index (χ0n) is 18.8. The average molecular weight is 531 g/mol. The Bertz CT molecular complexity index is 1540. The number of benzene rings is 1. The monoisotopic (exact) mass is 530 g/mol. The summed E-state index contributed by atoms with van der Waals surface area (Å²) in [6.07, 6.45) is 0.345. The number of hydrogen-bond donors (Lipinski definition) is 1. The van der Waals surface area contributed by atoms with Gasteiger partial charge in [0, 0.05) is 33.4 Å². The lowest BCUT2D eigenvalue weighted by atomic mass is 10.1. The number of alkyl halides is 2. The molecule has 184 valence electrons. The van der Waals surface area contributed by atoms with Gasteiger partial charge < -0.3 is 9.73 Å². The van der Waals surface area contributed by atoms with Gasteiger partial charge in [0.05, 0.1) is 23.9 Å². The van der Waals surface area contributed by atoms with E-state index in [1.54, 1.807) is 54.2 Å². The van der Waals surface area contributed by atoms with E-state index in [1.165, 1.54) is 17.0 Å². The lowest BCUT2D eigenvalue weighted by Crippen LogP contribution is -2.20. The molecule has 0 bridgehead atoms. The summed E-state index contributed by atoms with van der Waals surface area (Å²) in [6.45, 7) is 1.65. The van der Waals surface area contributed by atoms with Gasteiger partial charge in [0.2, 0.25) is 5.91 Å². The topological polar surface area (TPSA) is 90.8 Å². The second-order valence-corrected chi connectivity index (χ2v) is 8.78. The van der Waals surface area contributed by atoms with Gasteiger partial charge in [0.1, 0.15) is 12.2 Å². The van der Waals surface area contributed by atoms with Crippen molar-refractivity contribution >= 4 is 46.0 Å². The van der Waals surface area contributed by atoms with Crippen LogP contribution in [0.15, 0.2) is 59.3 Å². The van der Waals surface area contributed by atoms with E-state index in [-0.39, 0.29) is 28.8 Å². The highest BCUT2D eigenvalue weighted by Gasteiger charge is 2.22. The third-order valence-electron chi connectivity index (χ3n) is 5.50. The van der Waals surface area contributed by atoms with Gasteiger partial charge in [-0.05, 0) is 37.3 Å². The maximum atomic E-state index is 13.9. The largest absolute Gasteiger partial charge is 0.463 e. The number of halogens is 4. The number of nitrogens with one attached hydrogen (secondary N) is 1. The van der Waals surface area contributed by atoms with E-state index in [0.717, 1.165) is 0 Å². The molecule has 8 nitrogen and oxygen atoms in total. The van der Waals surface area contributed by atoms with Crippen molar-refractivity contribution in [3.63, 3.8) is 0 Å². The van der Waals surface area contributed by atoms with Gasteiger partial charge in [-0.25, -0.2) is 18.4 Å². The van der Waals surface area contributed by atoms with Crippen LogP contribution >= 0.6 is 23.2 Å². The molecule has 1 amide bonds. The molecule has 0 aliphatic carbocycles. The number of fused-ring (bicyclic) bond motifs is 1. The molecule has 0 saturated carbocycles. The number of pyridine rings is 1. The normalized spacial score (nSPS) is 11.5. The highest BCUT2D eigenvalue weighted by atomic mass is 35.5. The minimum absolute atomic E-state index is 0.158. The number of aromatic nitrogens is 5. The van der Waals surface area contributed by atoms with Crippen molar-refractivity contribution < 1.29 is 18.0 Å². The Morgan fingerprint density at radius 1 is 1.14 bits per heavy atom. The van der Waals surface area contributed by atoms with Crippen LogP contribution < -0.4 is 5.32 Å². The highest BCUT2D eigenvalue weighted by molar-refractivity contribution is 6.35. The van der Waals surface area contributed by atoms with E-state index < -0.39 is 12.3 Å². The first-order valence-corrected chi connectivity index (χ1v) is 11.5. The zero-order valence-corrected chi connectivity index (χ0v) is 20.3. The zero-order chi connectivity index (χ0) is 25.4. The number of carbonyl (C=O) groups is 1. The maximum absolute atomic E-state index is 13.9. The molecule has 5 rings (SSSR count). The van der Waals surface area contributed by atoms with E-state index in [1.807, 2.05) is 0 Å². The fraction of sp³-hybridized carbons (Fsp3) is 0.167. The summed E-state index contributed by atoms with van der Waals surface area (Å²) in [7, 11) is 0. The predicted molar refractivity (Wildman–Crippen MR) is 131 cm³/mol. The van der Waals surface area contributed by atoms with Crippen LogP contribution in [0.5, 0.6) is 0 Å². The molecule has 0 radical (unpaired) electrons. The summed E-state index contributed by atoms with van der Waals surface area (Å²) < 4.78 is 35.9. The fourth-order valence-corrected chi connectivity index (χ4v) is 4.42. The van der Waals surface area contributed by atoms with Crippen LogP contribution in [-0.2, 0) is 17.9 Å². The van der Waals surface area contributed by atoms with Crippen molar-refractivity contribution in [2.24, 2.45) is 0 Å². The van der Waals surface area contributed by atoms with Gasteiger partial charge >= 0.3 is 0 Å².